The van der Waals surface area contributed by atoms with Crippen molar-refractivity contribution in [2.24, 2.45) is 0 Å². The van der Waals surface area contributed by atoms with E-state index in [0.717, 1.165) is 25.8 Å². The highest BCUT2D eigenvalue weighted by Gasteiger charge is 2.20. The van der Waals surface area contributed by atoms with Crippen molar-refractivity contribution in [2.75, 3.05) is 6.54 Å². The van der Waals surface area contributed by atoms with Gasteiger partial charge in [-0.1, -0.05) is 6.92 Å². The molecule has 51 valence electrons. The van der Waals surface area contributed by atoms with Crippen LogP contribution in [0.5, 0.6) is 0 Å². The zero-order chi connectivity index (χ0) is 6.69. The largest absolute Gasteiger partial charge is 0.342 e. The van der Waals surface area contributed by atoms with Gasteiger partial charge in [0.2, 0.25) is 6.41 Å². The summed E-state index contributed by atoms with van der Waals surface area (Å²) < 4.78 is 0. The van der Waals surface area contributed by atoms with E-state index in [1.165, 1.54) is 0 Å². The summed E-state index contributed by atoms with van der Waals surface area (Å²) in [6.07, 6.45) is 5.34. The maximum atomic E-state index is 10.3. The SMILES string of the molecule is C[CH]C1CCCN1C=O. The fourth-order valence-electron chi connectivity index (χ4n) is 1.30. The van der Waals surface area contributed by atoms with E-state index in [1.54, 1.807) is 0 Å². The van der Waals surface area contributed by atoms with Crippen molar-refractivity contribution in [2.45, 2.75) is 25.8 Å². The summed E-state index contributed by atoms with van der Waals surface area (Å²) in [5.74, 6) is 0. The quantitative estimate of drug-likeness (QED) is 0.502. The van der Waals surface area contributed by atoms with Crippen LogP contribution in [0.25, 0.3) is 0 Å². The maximum Gasteiger partial charge on any atom is 0.209 e. The van der Waals surface area contributed by atoms with Crippen LogP contribution in [-0.4, -0.2) is 23.9 Å². The highest BCUT2D eigenvalue weighted by molar-refractivity contribution is 5.48. The van der Waals surface area contributed by atoms with E-state index in [2.05, 4.69) is 6.42 Å². The predicted molar refractivity (Wildman–Crippen MR) is 35.8 cm³/mol. The summed E-state index contributed by atoms with van der Waals surface area (Å²) in [6, 6.07) is 0.419. The molecule has 0 N–H and O–H groups in total. The Balaban J connectivity index is 2.41. The Morgan fingerprint density at radius 2 is 2.44 bits per heavy atom. The number of carbonyl (C=O) groups excluding carboxylic acids is 1. The second-order valence-electron chi connectivity index (χ2n) is 2.39. The average Bonchev–Trinajstić information content (AvgIpc) is 2.33. The first-order chi connectivity index (χ1) is 4.38. The van der Waals surface area contributed by atoms with Gasteiger partial charge in [0.15, 0.2) is 0 Å². The van der Waals surface area contributed by atoms with Crippen molar-refractivity contribution in [3.63, 3.8) is 0 Å². The van der Waals surface area contributed by atoms with Crippen molar-refractivity contribution in [3.8, 4) is 0 Å². The van der Waals surface area contributed by atoms with Crippen LogP contribution in [0.2, 0.25) is 0 Å². The van der Waals surface area contributed by atoms with Crippen molar-refractivity contribution in [1.82, 2.24) is 4.90 Å². The standard InChI is InChI=1S/C7H12NO/c1-2-7-4-3-5-8(7)6-9/h2,6-7H,3-5H2,1H3. The molecule has 1 radical (unpaired) electrons. The maximum absolute atomic E-state index is 10.3. The first-order valence-electron chi connectivity index (χ1n) is 3.39. The van der Waals surface area contributed by atoms with E-state index in [4.69, 9.17) is 0 Å². The van der Waals surface area contributed by atoms with Crippen LogP contribution in [-0.2, 0) is 4.79 Å². The van der Waals surface area contributed by atoms with Gasteiger partial charge in [-0.05, 0) is 19.3 Å². The number of rotatable bonds is 2. The van der Waals surface area contributed by atoms with Gasteiger partial charge in [0, 0.05) is 12.6 Å². The topological polar surface area (TPSA) is 20.3 Å². The van der Waals surface area contributed by atoms with Gasteiger partial charge in [0.1, 0.15) is 0 Å². The van der Waals surface area contributed by atoms with Crippen molar-refractivity contribution < 1.29 is 4.79 Å². The van der Waals surface area contributed by atoms with Crippen LogP contribution in [0, 0.1) is 6.42 Å². The zero-order valence-corrected chi connectivity index (χ0v) is 5.71. The summed E-state index contributed by atoms with van der Waals surface area (Å²) in [7, 11) is 0. The lowest BCUT2D eigenvalue weighted by Crippen LogP contribution is -2.27. The second-order valence-corrected chi connectivity index (χ2v) is 2.39. The Hall–Kier alpha value is -0.530. The fourth-order valence-corrected chi connectivity index (χ4v) is 1.30. The van der Waals surface area contributed by atoms with Gasteiger partial charge >= 0.3 is 0 Å². The molecule has 1 saturated heterocycles. The molecule has 0 saturated carbocycles. The lowest BCUT2D eigenvalue weighted by atomic mass is 10.2. The number of likely N-dealkylation sites (tertiary alicyclic amines) is 1. The predicted octanol–water partition coefficient (Wildman–Crippen LogP) is 0.831. The molecule has 1 fully saturated rings. The van der Waals surface area contributed by atoms with Gasteiger partial charge in [-0.3, -0.25) is 4.79 Å². The summed E-state index contributed by atoms with van der Waals surface area (Å²) in [5.41, 5.74) is 0. The van der Waals surface area contributed by atoms with Crippen LogP contribution in [0.1, 0.15) is 19.8 Å². The summed E-state index contributed by atoms with van der Waals surface area (Å²) in [6.45, 7) is 2.95. The smallest absolute Gasteiger partial charge is 0.209 e. The lowest BCUT2D eigenvalue weighted by molar-refractivity contribution is -0.118. The number of carbonyl (C=O) groups is 1. The Labute approximate surface area is 55.8 Å². The molecule has 1 aliphatic rings. The highest BCUT2D eigenvalue weighted by atomic mass is 16.1. The summed E-state index contributed by atoms with van der Waals surface area (Å²) in [4.78, 5) is 12.1. The average molecular weight is 126 g/mol. The van der Waals surface area contributed by atoms with Crippen molar-refractivity contribution in [3.05, 3.63) is 6.42 Å². The first kappa shape index (κ1) is 6.59. The van der Waals surface area contributed by atoms with Gasteiger partial charge in [-0.2, -0.15) is 0 Å². The molecule has 1 atom stereocenters. The summed E-state index contributed by atoms with van der Waals surface area (Å²) in [5, 5.41) is 0. The molecule has 1 unspecified atom stereocenters. The number of hydrogen-bond acceptors (Lipinski definition) is 1. The normalized spacial score (nSPS) is 26.8. The molecule has 9 heavy (non-hydrogen) atoms. The Morgan fingerprint density at radius 1 is 1.67 bits per heavy atom. The van der Waals surface area contributed by atoms with Gasteiger partial charge < -0.3 is 4.90 Å². The Kier molecular flexibility index (Phi) is 2.09. The minimum atomic E-state index is 0.419. The Bertz CT molecular complexity index is 103. The third-order valence-corrected chi connectivity index (χ3v) is 1.86. The zero-order valence-electron chi connectivity index (χ0n) is 5.71. The van der Waals surface area contributed by atoms with E-state index in [1.807, 2.05) is 11.8 Å². The Morgan fingerprint density at radius 3 is 2.89 bits per heavy atom. The minimum Gasteiger partial charge on any atom is -0.342 e. The lowest BCUT2D eigenvalue weighted by Gasteiger charge is -2.16. The number of hydrogen-bond donors (Lipinski definition) is 0. The van der Waals surface area contributed by atoms with E-state index in [0.29, 0.717) is 6.04 Å². The molecule has 0 aromatic heterocycles. The van der Waals surface area contributed by atoms with Crippen LogP contribution >= 0.6 is 0 Å². The van der Waals surface area contributed by atoms with Gasteiger partial charge in [-0.15, -0.1) is 0 Å². The van der Waals surface area contributed by atoms with Crippen molar-refractivity contribution in [1.29, 1.82) is 0 Å². The minimum absolute atomic E-state index is 0.419. The fraction of sp³-hybridized carbons (Fsp3) is 0.714. The van der Waals surface area contributed by atoms with E-state index in [-0.39, 0.29) is 0 Å². The van der Waals surface area contributed by atoms with Gasteiger partial charge in [-0.25, -0.2) is 0 Å². The van der Waals surface area contributed by atoms with Crippen LogP contribution in [0.3, 0.4) is 0 Å². The van der Waals surface area contributed by atoms with Gasteiger partial charge in [0.25, 0.3) is 0 Å². The number of nitrogens with zero attached hydrogens (tertiary/aromatic N) is 1. The monoisotopic (exact) mass is 126 g/mol. The molecular weight excluding hydrogens is 114 g/mol. The molecule has 0 aromatic rings. The highest BCUT2D eigenvalue weighted by Crippen LogP contribution is 2.16. The van der Waals surface area contributed by atoms with Crippen LogP contribution < -0.4 is 0 Å². The third kappa shape index (κ3) is 1.23. The summed E-state index contributed by atoms with van der Waals surface area (Å²) >= 11 is 0. The van der Waals surface area contributed by atoms with E-state index < -0.39 is 0 Å². The molecule has 2 nitrogen and oxygen atoms in total. The second kappa shape index (κ2) is 2.85. The molecule has 0 aliphatic carbocycles. The van der Waals surface area contributed by atoms with E-state index >= 15 is 0 Å². The molecule has 0 bridgehead atoms. The molecule has 1 aliphatic heterocycles. The molecule has 1 amide bonds. The van der Waals surface area contributed by atoms with Crippen LogP contribution in [0.4, 0.5) is 0 Å². The molecular formula is C7H12NO. The number of amides is 1. The molecule has 0 aromatic carbocycles. The molecule has 0 spiro atoms. The van der Waals surface area contributed by atoms with Gasteiger partial charge in [0.05, 0.1) is 0 Å². The van der Waals surface area contributed by atoms with Crippen LogP contribution in [0.15, 0.2) is 0 Å². The molecule has 2 heteroatoms. The molecule has 1 heterocycles. The first-order valence-corrected chi connectivity index (χ1v) is 3.39. The third-order valence-electron chi connectivity index (χ3n) is 1.86. The van der Waals surface area contributed by atoms with Crippen molar-refractivity contribution >= 4 is 6.41 Å². The molecule has 1 rings (SSSR count). The van der Waals surface area contributed by atoms with E-state index in [9.17, 15) is 4.79 Å².